The smallest absolute Gasteiger partial charge is 0.270 e. The normalized spacial score (nSPS) is 11.0. The van der Waals surface area contributed by atoms with Gasteiger partial charge in [-0.1, -0.05) is 13.8 Å². The molecule has 0 bridgehead atoms. The van der Waals surface area contributed by atoms with Gasteiger partial charge in [-0.05, 0) is 18.6 Å². The van der Waals surface area contributed by atoms with E-state index in [1.807, 2.05) is 19.9 Å². The van der Waals surface area contributed by atoms with Gasteiger partial charge in [-0.3, -0.25) is 10.1 Å². The first kappa shape index (κ1) is 14.2. The largest absolute Gasteiger partial charge is 0.444 e. The van der Waals surface area contributed by atoms with E-state index in [4.69, 9.17) is 4.42 Å². The van der Waals surface area contributed by atoms with E-state index in [-0.39, 0.29) is 5.69 Å². The van der Waals surface area contributed by atoms with Crippen LogP contribution in [0.4, 0.5) is 5.69 Å². The number of oxazole rings is 1. The summed E-state index contributed by atoms with van der Waals surface area (Å²) in [5, 5.41) is 14.1. The summed E-state index contributed by atoms with van der Waals surface area (Å²) in [4.78, 5) is 14.8. The van der Waals surface area contributed by atoms with E-state index in [1.54, 1.807) is 13.2 Å². The summed E-state index contributed by atoms with van der Waals surface area (Å²) < 4.78 is 5.40. The van der Waals surface area contributed by atoms with Gasteiger partial charge in [0.1, 0.15) is 6.26 Å². The number of nitro benzene ring substituents is 1. The van der Waals surface area contributed by atoms with Crippen LogP contribution in [-0.4, -0.2) is 15.9 Å². The minimum absolute atomic E-state index is 0.0417. The monoisotopic (exact) mass is 275 g/mol. The number of nitrogens with zero attached hydrogens (tertiary/aromatic N) is 2. The van der Waals surface area contributed by atoms with Crippen molar-refractivity contribution in [2.45, 2.75) is 33.4 Å². The molecule has 6 nitrogen and oxygen atoms in total. The van der Waals surface area contributed by atoms with Crippen LogP contribution >= 0.6 is 0 Å². The number of nitrogens with one attached hydrogen (secondary N) is 1. The molecular weight excluding hydrogens is 258 g/mol. The van der Waals surface area contributed by atoms with Gasteiger partial charge in [0.2, 0.25) is 5.89 Å². The molecule has 0 amide bonds. The summed E-state index contributed by atoms with van der Waals surface area (Å²) in [6.07, 6.45) is 1.57. The summed E-state index contributed by atoms with van der Waals surface area (Å²) in [5.74, 6) is 0.400. The number of hydrogen-bond donors (Lipinski definition) is 1. The highest BCUT2D eigenvalue weighted by Gasteiger charge is 2.13. The van der Waals surface area contributed by atoms with Gasteiger partial charge in [0.25, 0.3) is 5.69 Å². The molecule has 0 fully saturated rings. The van der Waals surface area contributed by atoms with Gasteiger partial charge < -0.3 is 9.73 Å². The number of nitro groups is 1. The second-order valence-electron chi connectivity index (χ2n) is 4.99. The highest BCUT2D eigenvalue weighted by Crippen LogP contribution is 2.25. The van der Waals surface area contributed by atoms with Crippen molar-refractivity contribution in [1.82, 2.24) is 10.3 Å². The molecule has 0 saturated carbocycles. The Bertz CT molecular complexity index is 620. The third-order valence-corrected chi connectivity index (χ3v) is 2.76. The van der Waals surface area contributed by atoms with Gasteiger partial charge >= 0.3 is 0 Å². The van der Waals surface area contributed by atoms with E-state index in [0.29, 0.717) is 24.0 Å². The van der Waals surface area contributed by atoms with E-state index in [9.17, 15) is 10.1 Å². The molecule has 0 aliphatic heterocycles. The van der Waals surface area contributed by atoms with Crippen molar-refractivity contribution in [3.63, 3.8) is 0 Å². The second-order valence-corrected chi connectivity index (χ2v) is 4.99. The molecule has 1 N–H and O–H groups in total. The number of aromatic nitrogens is 1. The lowest BCUT2D eigenvalue weighted by Gasteiger charge is -2.04. The first-order valence-corrected chi connectivity index (χ1v) is 6.40. The minimum Gasteiger partial charge on any atom is -0.444 e. The zero-order valence-corrected chi connectivity index (χ0v) is 11.7. The summed E-state index contributed by atoms with van der Waals surface area (Å²) in [6, 6.07) is 5.17. The molecule has 106 valence electrons. The molecule has 0 atom stereocenters. The fourth-order valence-corrected chi connectivity index (χ4v) is 1.82. The van der Waals surface area contributed by atoms with Crippen LogP contribution < -0.4 is 5.32 Å². The Morgan fingerprint density at radius 1 is 1.40 bits per heavy atom. The van der Waals surface area contributed by atoms with Gasteiger partial charge in [0.15, 0.2) is 0 Å². The van der Waals surface area contributed by atoms with Crippen LogP contribution in [0.15, 0.2) is 28.9 Å². The molecule has 1 aromatic heterocycles. The fraction of sp³-hybridized carbons (Fsp3) is 0.357. The Hall–Kier alpha value is -2.21. The quantitative estimate of drug-likeness (QED) is 0.670. The molecule has 0 saturated heterocycles. The predicted molar refractivity (Wildman–Crippen MR) is 75.3 cm³/mol. The Morgan fingerprint density at radius 3 is 2.80 bits per heavy atom. The zero-order valence-electron chi connectivity index (χ0n) is 11.7. The molecule has 2 aromatic rings. The van der Waals surface area contributed by atoms with Crippen molar-refractivity contribution in [3.05, 3.63) is 45.8 Å². The van der Waals surface area contributed by atoms with Crippen LogP contribution in [0.3, 0.4) is 0 Å². The Labute approximate surface area is 117 Å². The van der Waals surface area contributed by atoms with E-state index in [0.717, 1.165) is 11.3 Å². The van der Waals surface area contributed by atoms with Crippen molar-refractivity contribution in [2.24, 2.45) is 0 Å². The van der Waals surface area contributed by atoms with Crippen molar-refractivity contribution in [3.8, 4) is 11.5 Å². The average molecular weight is 275 g/mol. The molecule has 6 heteroatoms. The third kappa shape index (κ3) is 3.42. The van der Waals surface area contributed by atoms with Crippen molar-refractivity contribution in [1.29, 1.82) is 0 Å². The lowest BCUT2D eigenvalue weighted by Crippen LogP contribution is -2.21. The number of aryl methyl sites for hydroxylation is 1. The van der Waals surface area contributed by atoms with Gasteiger partial charge in [-0.2, -0.15) is 0 Å². The maximum absolute atomic E-state index is 10.9. The first-order chi connectivity index (χ1) is 9.45. The van der Waals surface area contributed by atoms with Gasteiger partial charge in [0, 0.05) is 30.3 Å². The van der Waals surface area contributed by atoms with Crippen LogP contribution in [0.1, 0.15) is 25.1 Å². The van der Waals surface area contributed by atoms with Crippen molar-refractivity contribution < 1.29 is 9.34 Å². The second kappa shape index (κ2) is 5.83. The molecule has 0 spiro atoms. The SMILES string of the molecule is Cc1cc(-c2nc(CNC(C)C)co2)cc([N+](=O)[O-])c1. The van der Waals surface area contributed by atoms with Gasteiger partial charge in [-0.25, -0.2) is 4.98 Å². The molecule has 1 heterocycles. The molecule has 0 aliphatic rings. The number of benzene rings is 1. The van der Waals surface area contributed by atoms with Crippen molar-refractivity contribution in [2.75, 3.05) is 0 Å². The highest BCUT2D eigenvalue weighted by atomic mass is 16.6. The van der Waals surface area contributed by atoms with Crippen LogP contribution in [0, 0.1) is 17.0 Å². The number of rotatable bonds is 5. The maximum Gasteiger partial charge on any atom is 0.270 e. The molecule has 20 heavy (non-hydrogen) atoms. The lowest BCUT2D eigenvalue weighted by atomic mass is 10.1. The molecule has 0 radical (unpaired) electrons. The summed E-state index contributed by atoms with van der Waals surface area (Å²) in [6.45, 7) is 6.51. The van der Waals surface area contributed by atoms with Crippen LogP contribution in [-0.2, 0) is 6.54 Å². The van der Waals surface area contributed by atoms with Crippen LogP contribution in [0.25, 0.3) is 11.5 Å². The summed E-state index contributed by atoms with van der Waals surface area (Å²) in [7, 11) is 0. The first-order valence-electron chi connectivity index (χ1n) is 6.40. The van der Waals surface area contributed by atoms with Gasteiger partial charge in [0.05, 0.1) is 10.6 Å². The molecule has 1 aromatic carbocycles. The topological polar surface area (TPSA) is 81.2 Å². The fourth-order valence-electron chi connectivity index (χ4n) is 1.82. The molecular formula is C14H17N3O3. The third-order valence-electron chi connectivity index (χ3n) is 2.76. The Morgan fingerprint density at radius 2 is 2.15 bits per heavy atom. The van der Waals surface area contributed by atoms with Crippen molar-refractivity contribution >= 4 is 5.69 Å². The Balaban J connectivity index is 2.25. The maximum atomic E-state index is 10.9. The number of non-ortho nitro benzene ring substituents is 1. The summed E-state index contributed by atoms with van der Waals surface area (Å²) in [5.41, 5.74) is 2.24. The predicted octanol–water partition coefficient (Wildman–Crippen LogP) is 3.06. The van der Waals surface area contributed by atoms with E-state index in [2.05, 4.69) is 10.3 Å². The zero-order chi connectivity index (χ0) is 14.7. The molecule has 0 unspecified atom stereocenters. The van der Waals surface area contributed by atoms with Crippen LogP contribution in [0.5, 0.6) is 0 Å². The standard InChI is InChI=1S/C14H17N3O3/c1-9(2)15-7-12-8-20-14(16-12)11-4-10(3)5-13(6-11)17(18)19/h4-6,8-9,15H,7H2,1-3H3. The Kier molecular flexibility index (Phi) is 4.14. The van der Waals surface area contributed by atoms with Gasteiger partial charge in [-0.15, -0.1) is 0 Å². The number of hydrogen-bond acceptors (Lipinski definition) is 5. The highest BCUT2D eigenvalue weighted by molar-refractivity contribution is 5.59. The summed E-state index contributed by atoms with van der Waals surface area (Å²) >= 11 is 0. The van der Waals surface area contributed by atoms with E-state index in [1.165, 1.54) is 12.1 Å². The van der Waals surface area contributed by atoms with E-state index >= 15 is 0 Å². The minimum atomic E-state index is -0.416. The average Bonchev–Trinajstić information content (AvgIpc) is 2.84. The molecule has 0 aliphatic carbocycles. The van der Waals surface area contributed by atoms with E-state index < -0.39 is 4.92 Å². The van der Waals surface area contributed by atoms with Crippen LogP contribution in [0.2, 0.25) is 0 Å². The molecule has 2 rings (SSSR count). The lowest BCUT2D eigenvalue weighted by molar-refractivity contribution is -0.384.